The largest absolute Gasteiger partial charge is 0.356 e. The van der Waals surface area contributed by atoms with E-state index < -0.39 is 0 Å². The van der Waals surface area contributed by atoms with Gasteiger partial charge < -0.3 is 10.3 Å². The smallest absolute Gasteiger partial charge is 0.200 e. The fraction of sp³-hybridized carbons (Fsp3) is 0.500. The van der Waals surface area contributed by atoms with E-state index in [0.717, 1.165) is 13.0 Å². The molecule has 4 nitrogen and oxygen atoms in total. The molecule has 0 unspecified atom stereocenters. The van der Waals surface area contributed by atoms with Gasteiger partial charge in [0.1, 0.15) is 5.69 Å². The van der Waals surface area contributed by atoms with Crippen molar-refractivity contribution in [3.8, 4) is 0 Å². The number of hydrogen-bond acceptors (Lipinski definition) is 3. The van der Waals surface area contributed by atoms with E-state index >= 15 is 0 Å². The number of aromatic nitrogens is 2. The molecule has 0 saturated heterocycles. The summed E-state index contributed by atoms with van der Waals surface area (Å²) in [6, 6.07) is 0. The average Bonchev–Trinajstić information content (AvgIpc) is 2.48. The molecule has 0 spiro atoms. The number of imidazole rings is 1. The fourth-order valence-electron chi connectivity index (χ4n) is 0.833. The first-order valence-electron chi connectivity index (χ1n) is 4.04. The van der Waals surface area contributed by atoms with Gasteiger partial charge in [0.2, 0.25) is 5.95 Å². The van der Waals surface area contributed by atoms with E-state index in [4.69, 9.17) is 0 Å². The first-order valence-corrected chi connectivity index (χ1v) is 4.04. The van der Waals surface area contributed by atoms with E-state index in [1.807, 2.05) is 0 Å². The Morgan fingerprint density at radius 2 is 2.50 bits per heavy atom. The zero-order valence-corrected chi connectivity index (χ0v) is 7.35. The van der Waals surface area contributed by atoms with Gasteiger partial charge in [0.25, 0.3) is 0 Å². The number of H-pyrrole nitrogens is 1. The van der Waals surface area contributed by atoms with E-state index in [9.17, 15) is 4.79 Å². The zero-order valence-electron chi connectivity index (χ0n) is 7.35. The van der Waals surface area contributed by atoms with Crippen molar-refractivity contribution in [3.05, 3.63) is 11.9 Å². The van der Waals surface area contributed by atoms with E-state index in [0.29, 0.717) is 11.6 Å². The molecule has 0 amide bonds. The second-order valence-corrected chi connectivity index (χ2v) is 2.63. The van der Waals surface area contributed by atoms with Crippen LogP contribution in [0.15, 0.2) is 6.20 Å². The van der Waals surface area contributed by atoms with Crippen LogP contribution >= 0.6 is 0 Å². The van der Waals surface area contributed by atoms with Crippen molar-refractivity contribution in [2.75, 3.05) is 11.9 Å². The molecule has 0 saturated carbocycles. The molecule has 0 aliphatic heterocycles. The Labute approximate surface area is 71.4 Å². The summed E-state index contributed by atoms with van der Waals surface area (Å²) in [6.45, 7) is 4.45. The molecule has 4 heteroatoms. The summed E-state index contributed by atoms with van der Waals surface area (Å²) in [5.74, 6) is 0.675. The van der Waals surface area contributed by atoms with Gasteiger partial charge in [-0.2, -0.15) is 0 Å². The Balaban J connectivity index is 2.58. The number of carbonyl (C=O) groups is 1. The van der Waals surface area contributed by atoms with Crippen LogP contribution in [0.1, 0.15) is 30.8 Å². The lowest BCUT2D eigenvalue weighted by atomic mass is 10.3. The third-order valence-corrected chi connectivity index (χ3v) is 1.50. The minimum atomic E-state index is 0.00653. The van der Waals surface area contributed by atoms with Gasteiger partial charge in [-0.15, -0.1) is 0 Å². The first-order chi connectivity index (χ1) is 5.74. The highest BCUT2D eigenvalue weighted by molar-refractivity contribution is 5.92. The quantitative estimate of drug-likeness (QED) is 0.667. The van der Waals surface area contributed by atoms with Crippen LogP contribution in [0.25, 0.3) is 0 Å². The zero-order chi connectivity index (χ0) is 8.97. The second kappa shape index (κ2) is 3.90. The Hall–Kier alpha value is -1.32. The number of Topliss-reactive ketones (excluding diaryl/α,β-unsaturated/α-hetero) is 1. The lowest BCUT2D eigenvalue weighted by Crippen LogP contribution is -2.01. The molecule has 0 radical (unpaired) electrons. The predicted octanol–water partition coefficient (Wildman–Crippen LogP) is 1.43. The van der Waals surface area contributed by atoms with Crippen LogP contribution in [0.3, 0.4) is 0 Å². The number of aromatic amines is 1. The summed E-state index contributed by atoms with van der Waals surface area (Å²) >= 11 is 0. The summed E-state index contributed by atoms with van der Waals surface area (Å²) in [7, 11) is 0. The minimum absolute atomic E-state index is 0.00653. The van der Waals surface area contributed by atoms with Gasteiger partial charge in [-0.1, -0.05) is 6.92 Å². The fourth-order valence-corrected chi connectivity index (χ4v) is 0.833. The highest BCUT2D eigenvalue weighted by atomic mass is 16.1. The maximum absolute atomic E-state index is 10.8. The monoisotopic (exact) mass is 167 g/mol. The molecule has 66 valence electrons. The second-order valence-electron chi connectivity index (χ2n) is 2.63. The van der Waals surface area contributed by atoms with Crippen molar-refractivity contribution in [2.24, 2.45) is 0 Å². The van der Waals surface area contributed by atoms with Crippen molar-refractivity contribution in [2.45, 2.75) is 20.3 Å². The van der Waals surface area contributed by atoms with Gasteiger partial charge in [-0.25, -0.2) is 4.98 Å². The van der Waals surface area contributed by atoms with E-state index in [-0.39, 0.29) is 5.78 Å². The van der Waals surface area contributed by atoms with Crippen LogP contribution in [-0.2, 0) is 0 Å². The lowest BCUT2D eigenvalue weighted by Gasteiger charge is -1.97. The van der Waals surface area contributed by atoms with Crippen LogP contribution in [0, 0.1) is 0 Å². The van der Waals surface area contributed by atoms with Gasteiger partial charge in [0.15, 0.2) is 5.78 Å². The van der Waals surface area contributed by atoms with Crippen molar-refractivity contribution >= 4 is 11.7 Å². The highest BCUT2D eigenvalue weighted by Gasteiger charge is 2.02. The SMILES string of the molecule is CCCNc1ncc(C(C)=O)[nH]1. The maximum Gasteiger partial charge on any atom is 0.200 e. The van der Waals surface area contributed by atoms with Crippen LogP contribution in [0.5, 0.6) is 0 Å². The number of rotatable bonds is 4. The van der Waals surface area contributed by atoms with Gasteiger partial charge >= 0.3 is 0 Å². The Bertz CT molecular complexity index is 267. The molecule has 0 aliphatic carbocycles. The number of carbonyl (C=O) groups excluding carboxylic acids is 1. The number of nitrogens with one attached hydrogen (secondary N) is 2. The summed E-state index contributed by atoms with van der Waals surface area (Å²) < 4.78 is 0. The molecule has 0 aromatic carbocycles. The molecule has 1 aromatic rings. The van der Waals surface area contributed by atoms with E-state index in [1.54, 1.807) is 6.20 Å². The molecule has 0 bridgehead atoms. The lowest BCUT2D eigenvalue weighted by molar-refractivity contribution is 0.101. The molecular weight excluding hydrogens is 154 g/mol. The summed E-state index contributed by atoms with van der Waals surface area (Å²) in [5, 5.41) is 3.05. The minimum Gasteiger partial charge on any atom is -0.356 e. The summed E-state index contributed by atoms with van der Waals surface area (Å²) in [5.41, 5.74) is 0.550. The number of nitrogens with zero attached hydrogens (tertiary/aromatic N) is 1. The Kier molecular flexibility index (Phi) is 2.85. The third kappa shape index (κ3) is 2.08. The number of ketones is 1. The third-order valence-electron chi connectivity index (χ3n) is 1.50. The number of hydrogen-bond donors (Lipinski definition) is 2. The van der Waals surface area contributed by atoms with E-state index in [1.165, 1.54) is 6.92 Å². The first kappa shape index (κ1) is 8.77. The molecule has 12 heavy (non-hydrogen) atoms. The Morgan fingerprint density at radius 3 is 3.00 bits per heavy atom. The van der Waals surface area contributed by atoms with Gasteiger partial charge in [0, 0.05) is 13.5 Å². The average molecular weight is 167 g/mol. The topological polar surface area (TPSA) is 57.8 Å². The molecule has 0 fully saturated rings. The molecule has 1 aromatic heterocycles. The van der Waals surface area contributed by atoms with Gasteiger partial charge in [0.05, 0.1) is 6.20 Å². The van der Waals surface area contributed by atoms with Gasteiger partial charge in [-0.3, -0.25) is 4.79 Å². The molecular formula is C8H13N3O. The maximum atomic E-state index is 10.8. The summed E-state index contributed by atoms with van der Waals surface area (Å²) in [6.07, 6.45) is 2.58. The van der Waals surface area contributed by atoms with E-state index in [2.05, 4.69) is 22.2 Å². The standard InChI is InChI=1S/C8H13N3O/c1-3-4-9-8-10-5-7(11-8)6(2)12/h5H,3-4H2,1-2H3,(H2,9,10,11). The van der Waals surface area contributed by atoms with Crippen molar-refractivity contribution < 1.29 is 4.79 Å². The van der Waals surface area contributed by atoms with Gasteiger partial charge in [-0.05, 0) is 6.42 Å². The van der Waals surface area contributed by atoms with Crippen LogP contribution in [0.2, 0.25) is 0 Å². The predicted molar refractivity (Wildman–Crippen MR) is 47.4 cm³/mol. The molecule has 1 rings (SSSR count). The molecule has 2 N–H and O–H groups in total. The summed E-state index contributed by atoms with van der Waals surface area (Å²) in [4.78, 5) is 17.7. The Morgan fingerprint density at radius 1 is 1.75 bits per heavy atom. The molecule has 0 aliphatic rings. The highest BCUT2D eigenvalue weighted by Crippen LogP contribution is 2.02. The van der Waals surface area contributed by atoms with Crippen LogP contribution < -0.4 is 5.32 Å². The molecule has 0 atom stereocenters. The molecule has 1 heterocycles. The normalized spacial score (nSPS) is 9.83. The number of anilines is 1. The van der Waals surface area contributed by atoms with Crippen molar-refractivity contribution in [1.29, 1.82) is 0 Å². The van der Waals surface area contributed by atoms with Crippen LogP contribution in [0.4, 0.5) is 5.95 Å². The van der Waals surface area contributed by atoms with Crippen LogP contribution in [-0.4, -0.2) is 22.3 Å². The van der Waals surface area contributed by atoms with Crippen molar-refractivity contribution in [1.82, 2.24) is 9.97 Å². The van der Waals surface area contributed by atoms with Crippen molar-refractivity contribution in [3.63, 3.8) is 0 Å².